The predicted molar refractivity (Wildman–Crippen MR) is 111 cm³/mol. The van der Waals surface area contributed by atoms with E-state index in [1.54, 1.807) is 6.07 Å². The average Bonchev–Trinajstić information content (AvgIpc) is 2.70. The Balaban J connectivity index is 1.53. The molecule has 0 unspecified atom stereocenters. The van der Waals surface area contributed by atoms with E-state index in [0.29, 0.717) is 37.4 Å². The normalized spacial score (nSPS) is 16.1. The Bertz CT molecular complexity index is 918. The summed E-state index contributed by atoms with van der Waals surface area (Å²) in [6.07, 6.45) is 1.91. The lowest BCUT2D eigenvalue weighted by Crippen LogP contribution is -2.43. The number of amides is 1. The number of nitrogens with one attached hydrogen (secondary N) is 1. The lowest BCUT2D eigenvalue weighted by Gasteiger charge is -2.31. The van der Waals surface area contributed by atoms with Crippen molar-refractivity contribution in [3.63, 3.8) is 0 Å². The third-order valence-electron chi connectivity index (χ3n) is 5.34. The second-order valence-corrected chi connectivity index (χ2v) is 9.38. The molecule has 1 aliphatic rings. The maximum absolute atomic E-state index is 13.0. The highest BCUT2D eigenvalue weighted by atomic mass is 32.2. The fourth-order valence-corrected chi connectivity index (χ4v) is 5.38. The summed E-state index contributed by atoms with van der Waals surface area (Å²) < 4.78 is 27.5. The number of benzene rings is 2. The van der Waals surface area contributed by atoms with Gasteiger partial charge in [0, 0.05) is 25.6 Å². The second kappa shape index (κ2) is 8.88. The molecule has 0 radical (unpaired) electrons. The fourth-order valence-electron chi connectivity index (χ4n) is 3.60. The third kappa shape index (κ3) is 4.80. The minimum atomic E-state index is -3.52. The average molecular weight is 401 g/mol. The van der Waals surface area contributed by atoms with Crippen LogP contribution >= 0.6 is 0 Å². The quantitative estimate of drug-likeness (QED) is 0.810. The van der Waals surface area contributed by atoms with Gasteiger partial charge in [0.1, 0.15) is 0 Å². The van der Waals surface area contributed by atoms with Gasteiger partial charge in [-0.15, -0.1) is 0 Å². The van der Waals surface area contributed by atoms with Gasteiger partial charge in [-0.25, -0.2) is 8.42 Å². The molecule has 0 aliphatic carbocycles. The molecule has 0 atom stereocenters. The van der Waals surface area contributed by atoms with E-state index in [4.69, 9.17) is 0 Å². The first-order chi connectivity index (χ1) is 13.4. The van der Waals surface area contributed by atoms with E-state index < -0.39 is 10.0 Å². The maximum Gasteiger partial charge on any atom is 0.243 e. The Labute approximate surface area is 167 Å². The van der Waals surface area contributed by atoms with Crippen molar-refractivity contribution in [1.29, 1.82) is 0 Å². The number of aryl methyl sites for hydroxylation is 2. The Morgan fingerprint density at radius 3 is 2.43 bits per heavy atom. The lowest BCUT2D eigenvalue weighted by molar-refractivity contribution is -0.126. The standard InChI is InChI=1S/C22H28N2O3S/c1-17-8-9-18(2)21(16-17)28(26,27)24-14-11-20(12-15-24)22(25)23-13-10-19-6-4-3-5-7-19/h3-9,16,20H,10-15H2,1-2H3,(H,23,25). The largest absolute Gasteiger partial charge is 0.356 e. The molecule has 0 bridgehead atoms. The van der Waals surface area contributed by atoms with Crippen molar-refractivity contribution in [3.8, 4) is 0 Å². The summed E-state index contributed by atoms with van der Waals surface area (Å²) in [6.45, 7) is 5.08. The van der Waals surface area contributed by atoms with E-state index in [2.05, 4.69) is 5.32 Å². The molecular weight excluding hydrogens is 372 g/mol. The molecule has 2 aromatic rings. The van der Waals surface area contributed by atoms with Gasteiger partial charge in [-0.2, -0.15) is 4.31 Å². The summed E-state index contributed by atoms with van der Waals surface area (Å²) in [5.41, 5.74) is 2.88. The van der Waals surface area contributed by atoms with Crippen molar-refractivity contribution in [1.82, 2.24) is 9.62 Å². The second-order valence-electron chi connectivity index (χ2n) is 7.47. The Morgan fingerprint density at radius 1 is 1.07 bits per heavy atom. The van der Waals surface area contributed by atoms with Gasteiger partial charge in [0.2, 0.25) is 15.9 Å². The molecule has 1 aliphatic heterocycles. The predicted octanol–water partition coefficient (Wildman–Crippen LogP) is 3.06. The number of nitrogens with zero attached hydrogens (tertiary/aromatic N) is 1. The summed E-state index contributed by atoms with van der Waals surface area (Å²) in [7, 11) is -3.52. The molecule has 1 fully saturated rings. The van der Waals surface area contributed by atoms with Gasteiger partial charge in [0.05, 0.1) is 4.90 Å². The molecule has 5 nitrogen and oxygen atoms in total. The van der Waals surface area contributed by atoms with Crippen LogP contribution in [0.5, 0.6) is 0 Å². The molecule has 0 saturated carbocycles. The van der Waals surface area contributed by atoms with Crippen LogP contribution in [0.3, 0.4) is 0 Å². The van der Waals surface area contributed by atoms with Gasteiger partial charge >= 0.3 is 0 Å². The Morgan fingerprint density at radius 2 is 1.75 bits per heavy atom. The molecule has 6 heteroatoms. The van der Waals surface area contributed by atoms with E-state index in [1.807, 2.05) is 56.3 Å². The highest BCUT2D eigenvalue weighted by molar-refractivity contribution is 7.89. The van der Waals surface area contributed by atoms with Gasteiger partial charge in [-0.1, -0.05) is 42.5 Å². The van der Waals surface area contributed by atoms with Crippen LogP contribution in [0.1, 0.15) is 29.5 Å². The van der Waals surface area contributed by atoms with Crippen molar-refractivity contribution < 1.29 is 13.2 Å². The van der Waals surface area contributed by atoms with E-state index in [1.165, 1.54) is 9.87 Å². The smallest absolute Gasteiger partial charge is 0.243 e. The Hall–Kier alpha value is -2.18. The summed E-state index contributed by atoms with van der Waals surface area (Å²) in [5.74, 6) is -0.0967. The first-order valence-electron chi connectivity index (χ1n) is 9.77. The van der Waals surface area contributed by atoms with E-state index in [0.717, 1.165) is 17.5 Å². The molecular formula is C22H28N2O3S. The summed E-state index contributed by atoms with van der Waals surface area (Å²) in [5, 5.41) is 3.00. The van der Waals surface area contributed by atoms with Crippen LogP contribution in [-0.4, -0.2) is 38.3 Å². The maximum atomic E-state index is 13.0. The molecule has 1 N–H and O–H groups in total. The van der Waals surface area contributed by atoms with Gasteiger partial charge in [-0.05, 0) is 55.9 Å². The van der Waals surface area contributed by atoms with Crippen LogP contribution in [-0.2, 0) is 21.2 Å². The van der Waals surface area contributed by atoms with Crippen molar-refractivity contribution in [2.24, 2.45) is 5.92 Å². The van der Waals surface area contributed by atoms with Crippen LogP contribution in [0.4, 0.5) is 0 Å². The highest BCUT2D eigenvalue weighted by Gasteiger charge is 2.32. The monoisotopic (exact) mass is 400 g/mol. The number of sulfonamides is 1. The topological polar surface area (TPSA) is 66.5 Å². The molecule has 150 valence electrons. The van der Waals surface area contributed by atoms with Crippen molar-refractivity contribution >= 4 is 15.9 Å². The third-order valence-corrected chi connectivity index (χ3v) is 7.38. The molecule has 1 saturated heterocycles. The molecule has 1 heterocycles. The first kappa shape index (κ1) is 20.6. The van der Waals surface area contributed by atoms with Crippen LogP contribution < -0.4 is 5.32 Å². The van der Waals surface area contributed by atoms with E-state index in [9.17, 15) is 13.2 Å². The minimum Gasteiger partial charge on any atom is -0.356 e. The molecule has 0 aromatic heterocycles. The fraction of sp³-hybridized carbons (Fsp3) is 0.409. The van der Waals surface area contributed by atoms with E-state index in [-0.39, 0.29) is 11.8 Å². The lowest BCUT2D eigenvalue weighted by atomic mass is 9.97. The number of carbonyl (C=O) groups is 1. The van der Waals surface area contributed by atoms with Crippen LogP contribution in [0.15, 0.2) is 53.4 Å². The van der Waals surface area contributed by atoms with Crippen molar-refractivity contribution in [3.05, 3.63) is 65.2 Å². The zero-order valence-corrected chi connectivity index (χ0v) is 17.3. The summed E-state index contributed by atoms with van der Waals surface area (Å²) >= 11 is 0. The number of hydrogen-bond acceptors (Lipinski definition) is 3. The summed E-state index contributed by atoms with van der Waals surface area (Å²) in [6, 6.07) is 15.5. The first-order valence-corrected chi connectivity index (χ1v) is 11.2. The molecule has 1 amide bonds. The molecule has 28 heavy (non-hydrogen) atoms. The van der Waals surface area contributed by atoms with Crippen LogP contribution in [0.25, 0.3) is 0 Å². The molecule has 2 aromatic carbocycles. The number of hydrogen-bond donors (Lipinski definition) is 1. The SMILES string of the molecule is Cc1ccc(C)c(S(=O)(=O)N2CCC(C(=O)NCCc3ccccc3)CC2)c1. The van der Waals surface area contributed by atoms with Gasteiger partial charge in [0.25, 0.3) is 0 Å². The van der Waals surface area contributed by atoms with Crippen molar-refractivity contribution in [2.45, 2.75) is 38.0 Å². The van der Waals surface area contributed by atoms with Gasteiger partial charge in [0.15, 0.2) is 0 Å². The molecule has 3 rings (SSSR count). The van der Waals surface area contributed by atoms with Crippen LogP contribution in [0, 0.1) is 19.8 Å². The minimum absolute atomic E-state index is 0.0275. The zero-order valence-electron chi connectivity index (χ0n) is 16.5. The van der Waals surface area contributed by atoms with E-state index >= 15 is 0 Å². The Kier molecular flexibility index (Phi) is 6.52. The number of piperidine rings is 1. The van der Waals surface area contributed by atoms with Gasteiger partial charge < -0.3 is 5.32 Å². The van der Waals surface area contributed by atoms with Gasteiger partial charge in [-0.3, -0.25) is 4.79 Å². The number of rotatable bonds is 6. The van der Waals surface area contributed by atoms with Crippen LogP contribution in [0.2, 0.25) is 0 Å². The summed E-state index contributed by atoms with van der Waals surface area (Å²) in [4.78, 5) is 12.8. The molecule has 0 spiro atoms. The zero-order chi connectivity index (χ0) is 20.1. The highest BCUT2D eigenvalue weighted by Crippen LogP contribution is 2.26. The number of carbonyl (C=O) groups excluding carboxylic acids is 1. The van der Waals surface area contributed by atoms with Crippen molar-refractivity contribution in [2.75, 3.05) is 19.6 Å².